The highest BCUT2D eigenvalue weighted by Gasteiger charge is 2.21. The van der Waals surface area contributed by atoms with Gasteiger partial charge in [0.05, 0.1) is 19.3 Å². The summed E-state index contributed by atoms with van der Waals surface area (Å²) in [6.07, 6.45) is 2.12. The number of benzene rings is 1. The smallest absolute Gasteiger partial charge is 0.315 e. The molecule has 4 N–H and O–H groups in total. The molecule has 0 aliphatic rings. The van der Waals surface area contributed by atoms with Crippen LogP contribution in [0.4, 0.5) is 4.79 Å². The van der Waals surface area contributed by atoms with Gasteiger partial charge in [0.2, 0.25) is 0 Å². The van der Waals surface area contributed by atoms with E-state index in [1.807, 2.05) is 26.0 Å². The molecule has 0 spiro atoms. The second-order valence-electron chi connectivity index (χ2n) is 6.52. The highest BCUT2D eigenvalue weighted by molar-refractivity contribution is 6.30. The summed E-state index contributed by atoms with van der Waals surface area (Å²) in [5, 5.41) is 22.6. The topological polar surface area (TPSA) is 121 Å². The number of halogens is 1. The molecule has 0 aliphatic heterocycles. The first-order valence-corrected chi connectivity index (χ1v) is 8.87. The SMILES string of the molecule is CC(C)C[C@H](NC(=O)NCc1cn(Cc2ccc(Cl)cc2)nn1)C(=O)NO. The van der Waals surface area contributed by atoms with E-state index >= 15 is 0 Å². The normalized spacial score (nSPS) is 11.9. The van der Waals surface area contributed by atoms with Crippen LogP contribution in [0, 0.1) is 5.92 Å². The van der Waals surface area contributed by atoms with E-state index in [9.17, 15) is 9.59 Å². The van der Waals surface area contributed by atoms with Gasteiger partial charge in [0.1, 0.15) is 11.7 Å². The largest absolute Gasteiger partial charge is 0.332 e. The Hall–Kier alpha value is -2.65. The van der Waals surface area contributed by atoms with Gasteiger partial charge in [-0.3, -0.25) is 10.0 Å². The summed E-state index contributed by atoms with van der Waals surface area (Å²) in [7, 11) is 0. The van der Waals surface area contributed by atoms with Crippen LogP contribution in [-0.4, -0.2) is 38.2 Å². The Bertz CT molecular complexity index is 762. The fourth-order valence-corrected chi connectivity index (χ4v) is 2.56. The van der Waals surface area contributed by atoms with Gasteiger partial charge in [-0.15, -0.1) is 5.10 Å². The predicted octanol–water partition coefficient (Wildman–Crippen LogP) is 1.70. The number of hydrogen-bond donors (Lipinski definition) is 4. The lowest BCUT2D eigenvalue weighted by Gasteiger charge is -2.18. The Morgan fingerprint density at radius 2 is 1.96 bits per heavy atom. The van der Waals surface area contributed by atoms with Gasteiger partial charge in [-0.2, -0.15) is 0 Å². The molecule has 2 aromatic rings. The molecule has 1 atom stereocenters. The highest BCUT2D eigenvalue weighted by Crippen LogP contribution is 2.10. The van der Waals surface area contributed by atoms with Crippen LogP contribution in [0.3, 0.4) is 0 Å². The molecule has 2 rings (SSSR count). The minimum atomic E-state index is -0.824. The molecule has 146 valence electrons. The van der Waals surface area contributed by atoms with Crippen molar-refractivity contribution in [3.63, 3.8) is 0 Å². The number of aromatic nitrogens is 3. The molecule has 0 radical (unpaired) electrons. The van der Waals surface area contributed by atoms with E-state index in [1.54, 1.807) is 28.5 Å². The molecule has 1 aromatic carbocycles. The van der Waals surface area contributed by atoms with E-state index in [4.69, 9.17) is 16.8 Å². The molecular formula is C17H23ClN6O3. The number of hydroxylamine groups is 1. The van der Waals surface area contributed by atoms with E-state index in [0.717, 1.165) is 5.56 Å². The monoisotopic (exact) mass is 394 g/mol. The van der Waals surface area contributed by atoms with Crippen molar-refractivity contribution in [2.24, 2.45) is 5.92 Å². The van der Waals surface area contributed by atoms with Gasteiger partial charge in [0.15, 0.2) is 0 Å². The number of urea groups is 1. The van der Waals surface area contributed by atoms with Gasteiger partial charge in [-0.05, 0) is 30.0 Å². The quantitative estimate of drug-likeness (QED) is 0.401. The molecule has 9 nitrogen and oxygen atoms in total. The molecule has 1 aromatic heterocycles. The Balaban J connectivity index is 1.85. The van der Waals surface area contributed by atoms with Crippen LogP contribution in [-0.2, 0) is 17.9 Å². The zero-order valence-corrected chi connectivity index (χ0v) is 15.9. The Labute approximate surface area is 162 Å². The second kappa shape index (κ2) is 9.89. The molecule has 0 fully saturated rings. The number of carbonyl (C=O) groups is 2. The third-order valence-electron chi connectivity index (χ3n) is 3.71. The van der Waals surface area contributed by atoms with Gasteiger partial charge >= 0.3 is 6.03 Å². The van der Waals surface area contributed by atoms with Crippen LogP contribution < -0.4 is 16.1 Å². The van der Waals surface area contributed by atoms with Crippen molar-refractivity contribution >= 4 is 23.5 Å². The van der Waals surface area contributed by atoms with Crippen molar-refractivity contribution in [2.45, 2.75) is 39.4 Å². The van der Waals surface area contributed by atoms with Crippen LogP contribution in [0.15, 0.2) is 30.5 Å². The third kappa shape index (κ3) is 6.87. The van der Waals surface area contributed by atoms with Crippen molar-refractivity contribution in [2.75, 3.05) is 0 Å². The van der Waals surface area contributed by atoms with Crippen molar-refractivity contribution in [3.8, 4) is 0 Å². The Morgan fingerprint density at radius 1 is 1.26 bits per heavy atom. The van der Waals surface area contributed by atoms with Crippen molar-refractivity contribution in [3.05, 3.63) is 46.7 Å². The fraction of sp³-hybridized carbons (Fsp3) is 0.412. The molecule has 1 heterocycles. The van der Waals surface area contributed by atoms with Gasteiger partial charge in [-0.1, -0.05) is 42.8 Å². The minimum absolute atomic E-state index is 0.154. The van der Waals surface area contributed by atoms with Gasteiger partial charge in [0.25, 0.3) is 5.91 Å². The summed E-state index contributed by atoms with van der Waals surface area (Å²) in [5.74, 6) is -0.492. The maximum atomic E-state index is 12.0. The standard InChI is InChI=1S/C17H23ClN6O3/c1-11(2)7-15(16(25)22-27)20-17(26)19-8-14-10-24(23-21-14)9-12-3-5-13(18)6-4-12/h3-6,10-11,15,27H,7-9H2,1-2H3,(H,22,25)(H2,19,20,26)/t15-/m0/s1. The Kier molecular flexibility index (Phi) is 7.56. The minimum Gasteiger partial charge on any atom is -0.332 e. The third-order valence-corrected chi connectivity index (χ3v) is 3.97. The molecular weight excluding hydrogens is 372 g/mol. The summed E-state index contributed by atoms with van der Waals surface area (Å²) in [6, 6.07) is 6.05. The average molecular weight is 395 g/mol. The molecule has 3 amide bonds. The first-order chi connectivity index (χ1) is 12.9. The van der Waals surface area contributed by atoms with Crippen molar-refractivity contribution in [1.82, 2.24) is 31.1 Å². The summed E-state index contributed by atoms with van der Waals surface area (Å²) in [6.45, 7) is 4.51. The van der Waals surface area contributed by atoms with Gasteiger partial charge in [0, 0.05) is 5.02 Å². The number of hydrogen-bond acceptors (Lipinski definition) is 5. The zero-order valence-electron chi connectivity index (χ0n) is 15.1. The number of nitrogens with zero attached hydrogens (tertiary/aromatic N) is 3. The lowest BCUT2D eigenvalue weighted by molar-refractivity contribution is -0.131. The maximum Gasteiger partial charge on any atom is 0.315 e. The van der Waals surface area contributed by atoms with Gasteiger partial charge in [-0.25, -0.2) is 15.0 Å². The van der Waals surface area contributed by atoms with Crippen molar-refractivity contribution in [1.29, 1.82) is 0 Å². The number of nitrogens with one attached hydrogen (secondary N) is 3. The molecule has 0 saturated carbocycles. The van der Waals surface area contributed by atoms with Gasteiger partial charge < -0.3 is 10.6 Å². The molecule has 10 heteroatoms. The van der Waals surface area contributed by atoms with E-state index < -0.39 is 18.0 Å². The Morgan fingerprint density at radius 3 is 2.59 bits per heavy atom. The number of carbonyl (C=O) groups excluding carboxylic acids is 2. The summed E-state index contributed by atoms with van der Waals surface area (Å²) in [4.78, 5) is 23.6. The summed E-state index contributed by atoms with van der Waals surface area (Å²) in [5.41, 5.74) is 3.16. The molecule has 0 bridgehead atoms. The lowest BCUT2D eigenvalue weighted by Crippen LogP contribution is -2.49. The van der Waals surface area contributed by atoms with Crippen LogP contribution in [0.25, 0.3) is 0 Å². The molecule has 0 unspecified atom stereocenters. The van der Waals surface area contributed by atoms with Crippen LogP contribution >= 0.6 is 11.6 Å². The summed E-state index contributed by atoms with van der Waals surface area (Å²) < 4.78 is 1.65. The van der Waals surface area contributed by atoms with Crippen LogP contribution in [0.1, 0.15) is 31.5 Å². The van der Waals surface area contributed by atoms with Crippen molar-refractivity contribution < 1.29 is 14.8 Å². The first-order valence-electron chi connectivity index (χ1n) is 8.49. The lowest BCUT2D eigenvalue weighted by atomic mass is 10.0. The maximum absolute atomic E-state index is 12.0. The highest BCUT2D eigenvalue weighted by atomic mass is 35.5. The molecule has 27 heavy (non-hydrogen) atoms. The van der Waals surface area contributed by atoms with Crippen LogP contribution in [0.2, 0.25) is 5.02 Å². The van der Waals surface area contributed by atoms with Crippen LogP contribution in [0.5, 0.6) is 0 Å². The second-order valence-corrected chi connectivity index (χ2v) is 6.96. The fourth-order valence-electron chi connectivity index (χ4n) is 2.43. The zero-order chi connectivity index (χ0) is 19.8. The number of amides is 3. The van der Waals surface area contributed by atoms with E-state index in [2.05, 4.69) is 20.9 Å². The average Bonchev–Trinajstić information content (AvgIpc) is 3.07. The number of rotatable bonds is 8. The summed E-state index contributed by atoms with van der Waals surface area (Å²) >= 11 is 5.86. The molecule has 0 aliphatic carbocycles. The van der Waals surface area contributed by atoms with E-state index in [0.29, 0.717) is 23.7 Å². The predicted molar refractivity (Wildman–Crippen MR) is 99.1 cm³/mol. The first kappa shape index (κ1) is 20.7. The van der Waals surface area contributed by atoms with E-state index in [1.165, 1.54) is 0 Å². The molecule has 0 saturated heterocycles. The van der Waals surface area contributed by atoms with E-state index in [-0.39, 0.29) is 12.5 Å².